The van der Waals surface area contributed by atoms with E-state index in [0.717, 1.165) is 11.0 Å². The lowest BCUT2D eigenvalue weighted by molar-refractivity contribution is -0.0597. The van der Waals surface area contributed by atoms with Crippen molar-refractivity contribution in [1.82, 2.24) is 4.90 Å². The number of rotatable bonds is 7. The summed E-state index contributed by atoms with van der Waals surface area (Å²) in [5.41, 5.74) is -6.62. The van der Waals surface area contributed by atoms with Crippen LogP contribution in [0.1, 0.15) is 68.2 Å². The van der Waals surface area contributed by atoms with Crippen molar-refractivity contribution < 1.29 is 40.0 Å². The quantitative estimate of drug-likeness (QED) is 0.296. The van der Waals surface area contributed by atoms with Crippen molar-refractivity contribution in [2.24, 2.45) is 5.92 Å². The summed E-state index contributed by atoms with van der Waals surface area (Å²) < 4.78 is 78.7. The van der Waals surface area contributed by atoms with Crippen molar-refractivity contribution in [3.05, 3.63) is 12.0 Å². The summed E-state index contributed by atoms with van der Waals surface area (Å²) >= 11 is 0. The van der Waals surface area contributed by atoms with Crippen molar-refractivity contribution in [1.29, 1.82) is 0 Å². The summed E-state index contributed by atoms with van der Waals surface area (Å²) in [7, 11) is -7.22. The molecule has 12 heteroatoms. The first-order valence-electron chi connectivity index (χ1n) is 11.0. The molecule has 0 radical (unpaired) electrons. The predicted octanol–water partition coefficient (Wildman–Crippen LogP) is 5.95. The number of hydrogen-bond acceptors (Lipinski definition) is 6. The maximum Gasteiger partial charge on any atom is 0.534 e. The molecule has 0 aromatic heterocycles. The highest BCUT2D eigenvalue weighted by Gasteiger charge is 2.51. The lowest BCUT2D eigenvalue weighted by Gasteiger charge is -2.47. The van der Waals surface area contributed by atoms with E-state index in [0.29, 0.717) is 12.4 Å². The maximum absolute atomic E-state index is 13.1. The minimum atomic E-state index is -5.99. The molecule has 0 aromatic carbocycles. The van der Waals surface area contributed by atoms with Crippen LogP contribution in [0, 0.1) is 5.92 Å². The van der Waals surface area contributed by atoms with Gasteiger partial charge in [0.2, 0.25) is 5.88 Å². The molecule has 0 aliphatic carbocycles. The Kier molecular flexibility index (Phi) is 9.50. The maximum atomic E-state index is 13.1. The van der Waals surface area contributed by atoms with E-state index in [9.17, 15) is 26.4 Å². The summed E-state index contributed by atoms with van der Waals surface area (Å²) in [6.07, 6.45) is 4.23. The third-order valence-corrected chi connectivity index (χ3v) is 10.5. The lowest BCUT2D eigenvalue weighted by Crippen LogP contribution is -2.53. The molecule has 0 bridgehead atoms. The van der Waals surface area contributed by atoms with Crippen LogP contribution in [0.3, 0.4) is 0 Å². The molecular formula is C22H40F3NO6S2. The van der Waals surface area contributed by atoms with Gasteiger partial charge in [-0.25, -0.2) is 19.7 Å². The second kappa shape index (κ2) is 10.5. The second-order valence-electron chi connectivity index (χ2n) is 11.3. The van der Waals surface area contributed by atoms with E-state index in [-0.39, 0.29) is 17.1 Å². The largest absolute Gasteiger partial charge is 0.534 e. The Balaban J connectivity index is 3.45. The van der Waals surface area contributed by atoms with Crippen LogP contribution in [0.25, 0.3) is 0 Å². The highest BCUT2D eigenvalue weighted by atomic mass is 32.3. The molecule has 1 aliphatic rings. The Labute approximate surface area is 203 Å². The van der Waals surface area contributed by atoms with Crippen molar-refractivity contribution in [3.63, 3.8) is 0 Å². The topological polar surface area (TPSA) is 82.1 Å². The van der Waals surface area contributed by atoms with Crippen LogP contribution in [0.4, 0.5) is 18.0 Å². The molecule has 0 spiro atoms. The van der Waals surface area contributed by atoms with Crippen LogP contribution in [-0.4, -0.2) is 65.9 Å². The predicted molar refractivity (Wildman–Crippen MR) is 129 cm³/mol. The zero-order valence-corrected chi connectivity index (χ0v) is 23.4. The number of hydrogen-bond donors (Lipinski definition) is 0. The SMILES string of the molecule is CC(C)C[C@@H]1[C@@H](OCS(C)(C)C(C)(C)C)CC=C(OS(=O)(=O)C(F)(F)F)N1C(=O)OC(C)(C)C. The van der Waals surface area contributed by atoms with Gasteiger partial charge in [0.05, 0.1) is 18.1 Å². The molecule has 0 unspecified atom stereocenters. The third kappa shape index (κ3) is 8.22. The molecule has 34 heavy (non-hydrogen) atoms. The monoisotopic (exact) mass is 535 g/mol. The molecule has 0 N–H and O–H groups in total. The second-order valence-corrected chi connectivity index (χ2v) is 17.4. The highest BCUT2D eigenvalue weighted by Crippen LogP contribution is 2.53. The number of carbonyl (C=O) groups is 1. The molecule has 1 rings (SSSR count). The van der Waals surface area contributed by atoms with Gasteiger partial charge in [-0.15, -0.1) is 0 Å². The Morgan fingerprint density at radius 1 is 1.12 bits per heavy atom. The smallest absolute Gasteiger partial charge is 0.443 e. The fraction of sp³-hybridized carbons (Fsp3) is 0.864. The minimum absolute atomic E-state index is 0.0163. The van der Waals surface area contributed by atoms with E-state index < -0.39 is 55.4 Å². The van der Waals surface area contributed by atoms with Crippen molar-refractivity contribution in [2.45, 2.75) is 96.2 Å². The number of alkyl halides is 3. The van der Waals surface area contributed by atoms with Crippen LogP contribution >= 0.6 is 10.0 Å². The Morgan fingerprint density at radius 3 is 2.06 bits per heavy atom. The Hall–Kier alpha value is -1.14. The van der Waals surface area contributed by atoms with Crippen LogP contribution < -0.4 is 0 Å². The van der Waals surface area contributed by atoms with Crippen LogP contribution in [0.15, 0.2) is 12.0 Å². The molecule has 0 aromatic rings. The van der Waals surface area contributed by atoms with Crippen molar-refractivity contribution in [3.8, 4) is 0 Å². The molecule has 1 heterocycles. The minimum Gasteiger partial charge on any atom is -0.443 e. The highest BCUT2D eigenvalue weighted by molar-refractivity contribution is 8.33. The zero-order valence-electron chi connectivity index (χ0n) is 21.8. The van der Waals surface area contributed by atoms with Gasteiger partial charge in [-0.2, -0.15) is 21.6 Å². The zero-order chi connectivity index (χ0) is 26.9. The normalized spacial score (nSPS) is 21.4. The first-order valence-corrected chi connectivity index (χ1v) is 15.1. The molecule has 202 valence electrons. The molecule has 0 saturated carbocycles. The summed E-state index contributed by atoms with van der Waals surface area (Å²) in [5.74, 6) is -0.301. The van der Waals surface area contributed by atoms with E-state index in [1.165, 1.54) is 0 Å². The van der Waals surface area contributed by atoms with Crippen LogP contribution in [0.2, 0.25) is 0 Å². The van der Waals surface area contributed by atoms with Crippen LogP contribution in [0.5, 0.6) is 0 Å². The molecule has 0 saturated heterocycles. The summed E-state index contributed by atoms with van der Waals surface area (Å²) in [6, 6.07) is -0.784. The average molecular weight is 536 g/mol. The number of halogens is 3. The molecule has 1 aliphatic heterocycles. The molecule has 0 fully saturated rings. The number of nitrogens with zero attached hydrogens (tertiary/aromatic N) is 1. The summed E-state index contributed by atoms with van der Waals surface area (Å²) in [6.45, 7) is 14.9. The van der Waals surface area contributed by atoms with Gasteiger partial charge in [0.1, 0.15) is 5.60 Å². The fourth-order valence-corrected chi connectivity index (χ4v) is 4.26. The summed E-state index contributed by atoms with van der Waals surface area (Å²) in [5, 5.41) is 0. The van der Waals surface area contributed by atoms with Gasteiger partial charge in [0, 0.05) is 0 Å². The lowest BCUT2D eigenvalue weighted by atomic mass is 9.93. The van der Waals surface area contributed by atoms with Crippen LogP contribution in [-0.2, 0) is 23.8 Å². The molecule has 7 nitrogen and oxygen atoms in total. The van der Waals surface area contributed by atoms with Crippen molar-refractivity contribution in [2.75, 3.05) is 18.5 Å². The van der Waals surface area contributed by atoms with E-state index in [1.54, 1.807) is 20.8 Å². The van der Waals surface area contributed by atoms with E-state index >= 15 is 0 Å². The number of amides is 1. The van der Waals surface area contributed by atoms with Gasteiger partial charge < -0.3 is 13.7 Å². The Morgan fingerprint density at radius 2 is 1.65 bits per heavy atom. The van der Waals surface area contributed by atoms with E-state index in [4.69, 9.17) is 9.47 Å². The van der Waals surface area contributed by atoms with Gasteiger partial charge >= 0.3 is 21.7 Å². The van der Waals surface area contributed by atoms with Gasteiger partial charge in [0.25, 0.3) is 0 Å². The average Bonchev–Trinajstić information content (AvgIpc) is 2.56. The summed E-state index contributed by atoms with van der Waals surface area (Å²) in [4.78, 5) is 14.0. The molecule has 1 amide bonds. The van der Waals surface area contributed by atoms with Gasteiger partial charge in [-0.3, -0.25) is 0 Å². The Bertz CT molecular complexity index is 855. The standard InChI is InChI=1S/C22H40F3NO6S2/c1-15(2)13-16-17(30-14-33(9,10)21(6,7)8)11-12-18(32-34(28,29)22(23,24)25)26(16)19(27)31-20(3,4)5/h12,15-17H,11,13-14H2,1-10H3/t16-,17+/m1/s1. The number of carbonyl (C=O) groups excluding carboxylic acids is 1. The molecular weight excluding hydrogens is 495 g/mol. The van der Waals surface area contributed by atoms with Gasteiger partial charge in [0.15, 0.2) is 0 Å². The van der Waals surface area contributed by atoms with E-state index in [2.05, 4.69) is 37.5 Å². The first-order chi connectivity index (χ1) is 15.0. The number of ether oxygens (including phenoxy) is 2. The van der Waals surface area contributed by atoms with Crippen molar-refractivity contribution >= 4 is 26.2 Å². The first kappa shape index (κ1) is 30.9. The van der Waals surface area contributed by atoms with Gasteiger partial charge in [-0.1, -0.05) is 34.6 Å². The third-order valence-electron chi connectivity index (χ3n) is 5.54. The van der Waals surface area contributed by atoms with Gasteiger partial charge in [-0.05, 0) is 62.9 Å². The molecule has 2 atom stereocenters. The van der Waals surface area contributed by atoms with E-state index in [1.807, 2.05) is 13.8 Å². The fourth-order valence-electron chi connectivity index (χ4n) is 2.93.